The average molecular weight is 457 g/mol. The lowest BCUT2D eigenvalue weighted by Crippen LogP contribution is -2.37. The van der Waals surface area contributed by atoms with Crippen LogP contribution in [-0.4, -0.2) is 60.6 Å². The van der Waals surface area contributed by atoms with Crippen molar-refractivity contribution in [2.75, 3.05) is 31.5 Å². The number of hydrogen-bond donors (Lipinski definition) is 2. The summed E-state index contributed by atoms with van der Waals surface area (Å²) in [5.74, 6) is 2.56. The molecule has 0 aromatic carbocycles. The van der Waals surface area contributed by atoms with Crippen molar-refractivity contribution in [3.63, 3.8) is 0 Å². The van der Waals surface area contributed by atoms with Crippen molar-refractivity contribution in [2.45, 2.75) is 25.8 Å². The van der Waals surface area contributed by atoms with E-state index in [1.807, 2.05) is 30.5 Å². The van der Waals surface area contributed by atoms with E-state index < -0.39 is 0 Å². The maximum atomic E-state index is 5.28. The number of piperidine rings is 1. The zero-order chi connectivity index (χ0) is 22.7. The molecule has 9 nitrogen and oxygen atoms in total. The Kier molecular flexibility index (Phi) is 5.68. The van der Waals surface area contributed by atoms with Gasteiger partial charge in [0.25, 0.3) is 0 Å². The molecule has 2 N–H and O–H groups in total. The van der Waals surface area contributed by atoms with Crippen molar-refractivity contribution in [1.29, 1.82) is 0 Å². The van der Waals surface area contributed by atoms with Gasteiger partial charge < -0.3 is 24.2 Å². The molecule has 0 atom stereocenters. The first-order valence-corrected chi connectivity index (χ1v) is 11.9. The minimum Gasteiger partial charge on any atom is -0.472 e. The molecule has 1 aliphatic rings. The van der Waals surface area contributed by atoms with E-state index in [4.69, 9.17) is 9.40 Å². The second-order valence-electron chi connectivity index (χ2n) is 8.99. The Morgan fingerprint density at radius 3 is 2.88 bits per heavy atom. The fourth-order valence-corrected chi connectivity index (χ4v) is 4.84. The average Bonchev–Trinajstić information content (AvgIpc) is 3.60. The molecule has 5 aromatic rings. The minimum atomic E-state index is 0.631. The van der Waals surface area contributed by atoms with Crippen LogP contribution in [0.4, 0.5) is 5.95 Å². The molecule has 0 saturated carbocycles. The molecule has 0 amide bonds. The van der Waals surface area contributed by atoms with E-state index in [-0.39, 0.29) is 0 Å². The van der Waals surface area contributed by atoms with Crippen LogP contribution < -0.4 is 5.32 Å². The number of pyridine rings is 2. The molecule has 34 heavy (non-hydrogen) atoms. The Hall–Kier alpha value is -3.72. The van der Waals surface area contributed by atoms with Gasteiger partial charge in [-0.2, -0.15) is 0 Å². The van der Waals surface area contributed by atoms with Crippen molar-refractivity contribution < 1.29 is 4.42 Å². The summed E-state index contributed by atoms with van der Waals surface area (Å²) in [5, 5.41) is 3.41. The Labute approximate surface area is 197 Å². The summed E-state index contributed by atoms with van der Waals surface area (Å²) < 4.78 is 7.53. The van der Waals surface area contributed by atoms with Crippen molar-refractivity contribution in [2.24, 2.45) is 5.92 Å². The van der Waals surface area contributed by atoms with Crippen LogP contribution in [0.1, 0.15) is 24.2 Å². The highest BCUT2D eigenvalue weighted by Crippen LogP contribution is 2.24. The Morgan fingerprint density at radius 1 is 1.09 bits per heavy atom. The number of aromatic amines is 1. The van der Waals surface area contributed by atoms with Gasteiger partial charge in [-0.15, -0.1) is 0 Å². The van der Waals surface area contributed by atoms with Crippen molar-refractivity contribution in [3.05, 3.63) is 66.8 Å². The molecule has 0 unspecified atom stereocenters. The molecule has 0 aliphatic carbocycles. The zero-order valence-electron chi connectivity index (χ0n) is 19.0. The Bertz CT molecular complexity index is 1330. The molecule has 1 saturated heterocycles. The number of likely N-dealkylation sites (tertiary alicyclic amines) is 1. The van der Waals surface area contributed by atoms with Crippen molar-refractivity contribution in [1.82, 2.24) is 34.4 Å². The summed E-state index contributed by atoms with van der Waals surface area (Å²) in [6.07, 6.45) is 12.3. The number of nitrogens with one attached hydrogen (secondary N) is 2. The van der Waals surface area contributed by atoms with Crippen LogP contribution in [0.5, 0.6) is 0 Å². The molecule has 0 radical (unpaired) electrons. The molecular weight excluding hydrogens is 428 g/mol. The number of furan rings is 1. The monoisotopic (exact) mass is 456 g/mol. The van der Waals surface area contributed by atoms with Gasteiger partial charge in [-0.25, -0.2) is 15.0 Å². The van der Waals surface area contributed by atoms with Gasteiger partial charge in [-0.05, 0) is 56.1 Å². The van der Waals surface area contributed by atoms with Crippen LogP contribution in [0, 0.1) is 5.92 Å². The van der Waals surface area contributed by atoms with Crippen LogP contribution >= 0.6 is 0 Å². The molecule has 9 heteroatoms. The quantitative estimate of drug-likeness (QED) is 0.367. The van der Waals surface area contributed by atoms with Crippen molar-refractivity contribution >= 4 is 28.1 Å². The predicted molar refractivity (Wildman–Crippen MR) is 131 cm³/mol. The molecular formula is C25H28N8O. The number of fused-ring (bicyclic) bond motifs is 2. The summed E-state index contributed by atoms with van der Waals surface area (Å²) in [6, 6.07) is 7.93. The van der Waals surface area contributed by atoms with Gasteiger partial charge in [0.15, 0.2) is 5.65 Å². The first-order chi connectivity index (χ1) is 16.8. The largest absolute Gasteiger partial charge is 0.472 e. The van der Waals surface area contributed by atoms with Gasteiger partial charge in [0.2, 0.25) is 5.95 Å². The molecule has 5 aromatic heterocycles. The van der Waals surface area contributed by atoms with Gasteiger partial charge >= 0.3 is 0 Å². The standard InChI is InChI=1S/C25H28N8O/c1-2-21-24(27-7-1)33(16-19-6-13-34-17-19)23(29-21)14-18-4-10-32(11-5-18)12-9-28-25-30-20-3-8-26-15-22(20)31-25/h1-3,6-8,13,15,17-18H,4-5,9-12,14,16H2,(H2,28,30,31). The van der Waals surface area contributed by atoms with Gasteiger partial charge in [-0.3, -0.25) is 4.98 Å². The predicted octanol–water partition coefficient (Wildman–Crippen LogP) is 3.71. The van der Waals surface area contributed by atoms with E-state index in [0.29, 0.717) is 5.92 Å². The Balaban J connectivity index is 1.04. The maximum absolute atomic E-state index is 5.28. The van der Waals surface area contributed by atoms with E-state index in [1.54, 1.807) is 24.9 Å². The van der Waals surface area contributed by atoms with Gasteiger partial charge in [0.1, 0.15) is 11.3 Å². The smallest absolute Gasteiger partial charge is 0.201 e. The maximum Gasteiger partial charge on any atom is 0.201 e. The third kappa shape index (κ3) is 4.38. The lowest BCUT2D eigenvalue weighted by atomic mass is 9.93. The molecule has 0 bridgehead atoms. The fraction of sp³-hybridized carbons (Fsp3) is 0.360. The topological polar surface area (TPSA) is 101 Å². The third-order valence-corrected chi connectivity index (χ3v) is 6.69. The summed E-state index contributed by atoms with van der Waals surface area (Å²) in [6.45, 7) is 4.82. The highest BCUT2D eigenvalue weighted by atomic mass is 16.3. The van der Waals surface area contributed by atoms with Crippen LogP contribution in [-0.2, 0) is 13.0 Å². The Morgan fingerprint density at radius 2 is 2.03 bits per heavy atom. The second kappa shape index (κ2) is 9.26. The molecule has 0 spiro atoms. The molecule has 174 valence electrons. The minimum absolute atomic E-state index is 0.631. The van der Waals surface area contributed by atoms with Gasteiger partial charge in [0, 0.05) is 37.5 Å². The lowest BCUT2D eigenvalue weighted by molar-refractivity contribution is 0.188. The number of nitrogens with zero attached hydrogens (tertiary/aromatic N) is 6. The first kappa shape index (κ1) is 20.9. The van der Waals surface area contributed by atoms with Crippen LogP contribution in [0.3, 0.4) is 0 Å². The molecule has 6 heterocycles. The number of rotatable bonds is 8. The first-order valence-electron chi connectivity index (χ1n) is 11.9. The summed E-state index contributed by atoms with van der Waals surface area (Å²) in [7, 11) is 0. The van der Waals surface area contributed by atoms with Crippen molar-refractivity contribution in [3.8, 4) is 0 Å². The van der Waals surface area contributed by atoms with Gasteiger partial charge in [0.05, 0.1) is 36.3 Å². The van der Waals surface area contributed by atoms with E-state index in [2.05, 4.69) is 34.7 Å². The van der Waals surface area contributed by atoms with Crippen LogP contribution in [0.2, 0.25) is 0 Å². The number of aromatic nitrogens is 6. The highest BCUT2D eigenvalue weighted by molar-refractivity contribution is 5.76. The molecule has 1 aliphatic heterocycles. The van der Waals surface area contributed by atoms with E-state index in [0.717, 1.165) is 78.7 Å². The van der Waals surface area contributed by atoms with E-state index in [9.17, 15) is 0 Å². The summed E-state index contributed by atoms with van der Waals surface area (Å²) >= 11 is 0. The SMILES string of the molecule is c1cnc2c(c1)nc(CC1CCN(CCNc3nc4ccncc4[nH]3)CC1)n2Cc1ccoc1. The second-order valence-corrected chi connectivity index (χ2v) is 8.99. The molecule has 1 fully saturated rings. The number of H-pyrrole nitrogens is 1. The number of imidazole rings is 2. The van der Waals surface area contributed by atoms with E-state index >= 15 is 0 Å². The lowest BCUT2D eigenvalue weighted by Gasteiger charge is -2.31. The highest BCUT2D eigenvalue weighted by Gasteiger charge is 2.22. The third-order valence-electron chi connectivity index (χ3n) is 6.69. The summed E-state index contributed by atoms with van der Waals surface area (Å²) in [4.78, 5) is 24.0. The fourth-order valence-electron chi connectivity index (χ4n) is 4.84. The number of hydrogen-bond acceptors (Lipinski definition) is 7. The van der Waals surface area contributed by atoms with Gasteiger partial charge in [-0.1, -0.05) is 0 Å². The van der Waals surface area contributed by atoms with Crippen LogP contribution in [0.15, 0.2) is 59.8 Å². The number of anilines is 1. The normalized spacial score (nSPS) is 15.4. The van der Waals surface area contributed by atoms with Crippen LogP contribution in [0.25, 0.3) is 22.2 Å². The molecule has 6 rings (SSSR count). The zero-order valence-corrected chi connectivity index (χ0v) is 19.0. The van der Waals surface area contributed by atoms with E-state index in [1.165, 1.54) is 12.8 Å². The summed E-state index contributed by atoms with van der Waals surface area (Å²) in [5.41, 5.74) is 4.94.